The highest BCUT2D eigenvalue weighted by Gasteiger charge is 2.62. The number of rotatable bonds is 5. The fourth-order valence-electron chi connectivity index (χ4n) is 2.58. The molecular weight excluding hydrogens is 268 g/mol. The molecular formula is C16H18N2OS. The topological polar surface area (TPSA) is 46.3 Å². The van der Waals surface area contributed by atoms with Gasteiger partial charge in [-0.05, 0) is 37.3 Å². The fourth-order valence-corrected chi connectivity index (χ4v) is 3.59. The molecule has 0 aromatic carbocycles. The van der Waals surface area contributed by atoms with Crippen molar-refractivity contribution in [1.29, 1.82) is 0 Å². The molecule has 1 aromatic heterocycles. The van der Waals surface area contributed by atoms with Crippen LogP contribution in [0.1, 0.15) is 18.2 Å². The first-order valence-corrected chi connectivity index (χ1v) is 7.45. The molecule has 0 unspecified atom stereocenters. The van der Waals surface area contributed by atoms with E-state index in [-0.39, 0.29) is 18.4 Å². The van der Waals surface area contributed by atoms with E-state index in [0.29, 0.717) is 13.1 Å². The maximum atomic E-state index is 12.9. The van der Waals surface area contributed by atoms with Crippen LogP contribution in [0.25, 0.3) is 0 Å². The maximum absolute atomic E-state index is 12.9. The van der Waals surface area contributed by atoms with Gasteiger partial charge in [-0.15, -0.1) is 23.7 Å². The first-order valence-electron chi connectivity index (χ1n) is 6.57. The summed E-state index contributed by atoms with van der Waals surface area (Å²) in [6, 6.07) is 3.98. The van der Waals surface area contributed by atoms with Gasteiger partial charge < -0.3 is 10.6 Å². The minimum atomic E-state index is -0.463. The summed E-state index contributed by atoms with van der Waals surface area (Å²) in [5.41, 5.74) is 5.33. The molecule has 0 spiro atoms. The Labute approximate surface area is 124 Å². The second-order valence-electron chi connectivity index (χ2n) is 4.88. The van der Waals surface area contributed by atoms with Gasteiger partial charge in [0.2, 0.25) is 5.91 Å². The predicted octanol–water partition coefficient (Wildman–Crippen LogP) is 1.45. The quantitative estimate of drug-likeness (QED) is 0.833. The zero-order chi connectivity index (χ0) is 14.6. The first-order chi connectivity index (χ1) is 9.70. The molecule has 1 aliphatic carbocycles. The minimum absolute atomic E-state index is 0.0658. The lowest BCUT2D eigenvalue weighted by Gasteiger charge is -2.24. The number of carbonyl (C=O) groups excluding carboxylic acids is 1. The molecule has 0 radical (unpaired) electrons. The summed E-state index contributed by atoms with van der Waals surface area (Å²) in [6.07, 6.45) is 6.18. The van der Waals surface area contributed by atoms with Gasteiger partial charge in [-0.25, -0.2) is 0 Å². The second kappa shape index (κ2) is 6.13. The molecule has 1 amide bonds. The summed E-state index contributed by atoms with van der Waals surface area (Å²) in [7, 11) is 0. The summed E-state index contributed by atoms with van der Waals surface area (Å²) in [5, 5.41) is 1.99. The molecule has 2 rings (SSSR count). The Balaban J connectivity index is 2.27. The van der Waals surface area contributed by atoms with Crippen LogP contribution in [0.15, 0.2) is 17.5 Å². The zero-order valence-electron chi connectivity index (χ0n) is 11.6. The van der Waals surface area contributed by atoms with Crippen molar-refractivity contribution in [1.82, 2.24) is 4.90 Å². The minimum Gasteiger partial charge on any atom is -0.330 e. The van der Waals surface area contributed by atoms with E-state index in [1.165, 1.54) is 0 Å². The van der Waals surface area contributed by atoms with Crippen molar-refractivity contribution in [3.8, 4) is 24.2 Å². The van der Waals surface area contributed by atoms with E-state index in [2.05, 4.69) is 17.8 Å². The van der Waals surface area contributed by atoms with Gasteiger partial charge in [0.05, 0.1) is 18.5 Å². The number of amides is 1. The lowest BCUT2D eigenvalue weighted by Crippen LogP contribution is -2.41. The average molecular weight is 286 g/mol. The molecule has 1 saturated carbocycles. The lowest BCUT2D eigenvalue weighted by molar-refractivity contribution is -0.133. The van der Waals surface area contributed by atoms with Gasteiger partial charge in [0.1, 0.15) is 0 Å². The molecule has 1 fully saturated rings. The van der Waals surface area contributed by atoms with Crippen molar-refractivity contribution in [3.05, 3.63) is 22.4 Å². The molecule has 2 atom stereocenters. The monoisotopic (exact) mass is 286 g/mol. The van der Waals surface area contributed by atoms with Crippen LogP contribution in [0, 0.1) is 30.1 Å². The van der Waals surface area contributed by atoms with E-state index >= 15 is 0 Å². The standard InChI is InChI=1S/C16H18N2OS/c1-3-5-9-18(8-4-2)15(19)16(11-13(16)12-17)14-7-6-10-20-14/h2,6-7,10,13H,8-9,11-12,17H2,1H3/t13-,16-/m0/s1. The van der Waals surface area contributed by atoms with Crippen molar-refractivity contribution in [2.75, 3.05) is 19.6 Å². The van der Waals surface area contributed by atoms with E-state index < -0.39 is 5.41 Å². The molecule has 0 saturated heterocycles. The second-order valence-corrected chi connectivity index (χ2v) is 5.83. The van der Waals surface area contributed by atoms with Crippen molar-refractivity contribution in [2.45, 2.75) is 18.8 Å². The van der Waals surface area contributed by atoms with Gasteiger partial charge in [0, 0.05) is 4.88 Å². The van der Waals surface area contributed by atoms with Crippen molar-refractivity contribution in [2.24, 2.45) is 11.7 Å². The van der Waals surface area contributed by atoms with Gasteiger partial charge in [0.15, 0.2) is 0 Å². The largest absolute Gasteiger partial charge is 0.330 e. The van der Waals surface area contributed by atoms with E-state index in [1.54, 1.807) is 23.2 Å². The van der Waals surface area contributed by atoms with E-state index in [4.69, 9.17) is 12.2 Å². The third-order valence-electron chi connectivity index (χ3n) is 3.75. The summed E-state index contributed by atoms with van der Waals surface area (Å²) in [6.45, 7) is 2.95. The van der Waals surface area contributed by atoms with Crippen LogP contribution in [-0.4, -0.2) is 30.4 Å². The number of nitrogens with zero attached hydrogens (tertiary/aromatic N) is 1. The fraction of sp³-hybridized carbons (Fsp3) is 0.438. The van der Waals surface area contributed by atoms with Crippen LogP contribution in [-0.2, 0) is 10.2 Å². The SMILES string of the molecule is C#CCN(CC#CC)C(=O)[C@@]1(c2cccs2)C[C@H]1CN. The number of carbonyl (C=O) groups is 1. The molecule has 3 nitrogen and oxygen atoms in total. The predicted molar refractivity (Wildman–Crippen MR) is 82.0 cm³/mol. The van der Waals surface area contributed by atoms with Gasteiger partial charge in [-0.3, -0.25) is 4.79 Å². The van der Waals surface area contributed by atoms with E-state index in [1.807, 2.05) is 17.5 Å². The number of thiophene rings is 1. The van der Waals surface area contributed by atoms with E-state index in [0.717, 1.165) is 11.3 Å². The molecule has 0 bridgehead atoms. The summed E-state index contributed by atoms with van der Waals surface area (Å²) < 4.78 is 0. The molecule has 1 heterocycles. The van der Waals surface area contributed by atoms with Crippen LogP contribution < -0.4 is 5.73 Å². The average Bonchev–Trinajstić information content (AvgIpc) is 2.95. The molecule has 0 aliphatic heterocycles. The third-order valence-corrected chi connectivity index (χ3v) is 4.80. The highest BCUT2D eigenvalue weighted by atomic mass is 32.1. The van der Waals surface area contributed by atoms with Crippen LogP contribution in [0.4, 0.5) is 0 Å². The van der Waals surface area contributed by atoms with Crippen molar-refractivity contribution >= 4 is 17.2 Å². The maximum Gasteiger partial charge on any atom is 0.235 e. The Hall–Kier alpha value is -1.75. The van der Waals surface area contributed by atoms with Gasteiger partial charge >= 0.3 is 0 Å². The molecule has 2 N–H and O–H groups in total. The highest BCUT2D eigenvalue weighted by Crippen LogP contribution is 2.56. The summed E-state index contributed by atoms with van der Waals surface area (Å²) >= 11 is 1.61. The Kier molecular flexibility index (Phi) is 4.49. The smallest absolute Gasteiger partial charge is 0.235 e. The summed E-state index contributed by atoms with van der Waals surface area (Å²) in [4.78, 5) is 15.7. The Morgan fingerprint density at radius 2 is 2.45 bits per heavy atom. The first kappa shape index (κ1) is 14.7. The van der Waals surface area contributed by atoms with Crippen molar-refractivity contribution in [3.63, 3.8) is 0 Å². The van der Waals surface area contributed by atoms with Gasteiger partial charge in [-0.2, -0.15) is 0 Å². The van der Waals surface area contributed by atoms with Crippen LogP contribution in [0.3, 0.4) is 0 Å². The van der Waals surface area contributed by atoms with Crippen LogP contribution in [0.2, 0.25) is 0 Å². The van der Waals surface area contributed by atoms with E-state index in [9.17, 15) is 4.79 Å². The van der Waals surface area contributed by atoms with Gasteiger partial charge in [0.25, 0.3) is 0 Å². The Morgan fingerprint density at radius 3 is 2.95 bits per heavy atom. The Morgan fingerprint density at radius 1 is 1.65 bits per heavy atom. The molecule has 4 heteroatoms. The molecule has 1 aliphatic rings. The van der Waals surface area contributed by atoms with Crippen LogP contribution >= 0.6 is 11.3 Å². The van der Waals surface area contributed by atoms with Crippen LogP contribution in [0.5, 0.6) is 0 Å². The number of hydrogen-bond donors (Lipinski definition) is 1. The number of hydrogen-bond acceptors (Lipinski definition) is 3. The normalized spacial score (nSPS) is 23.4. The zero-order valence-corrected chi connectivity index (χ0v) is 12.4. The number of nitrogens with two attached hydrogens (primary N) is 1. The Bertz CT molecular complexity index is 576. The molecule has 104 valence electrons. The molecule has 20 heavy (non-hydrogen) atoms. The summed E-state index contributed by atoms with van der Waals surface area (Å²) in [5.74, 6) is 8.55. The third kappa shape index (κ3) is 2.45. The highest BCUT2D eigenvalue weighted by molar-refractivity contribution is 7.10. The lowest BCUT2D eigenvalue weighted by atomic mass is 9.99. The number of terminal acetylenes is 1. The van der Waals surface area contributed by atoms with Gasteiger partial charge in [-0.1, -0.05) is 17.9 Å². The molecule has 1 aromatic rings. The van der Waals surface area contributed by atoms with Crippen molar-refractivity contribution < 1.29 is 4.79 Å².